The van der Waals surface area contributed by atoms with E-state index in [1.807, 2.05) is 31.2 Å². The van der Waals surface area contributed by atoms with Crippen molar-refractivity contribution in [3.63, 3.8) is 0 Å². The summed E-state index contributed by atoms with van der Waals surface area (Å²) in [6.45, 7) is 2.45. The number of fused-ring (bicyclic) bond motifs is 1. The number of ether oxygens (including phenoxy) is 4. The third-order valence-electron chi connectivity index (χ3n) is 5.11. The van der Waals surface area contributed by atoms with Gasteiger partial charge in [0.25, 0.3) is 0 Å². The number of rotatable bonds is 5. The Morgan fingerprint density at radius 2 is 1.85 bits per heavy atom. The molecule has 1 aromatic rings. The number of hydrogen-bond donors (Lipinski definition) is 1. The van der Waals surface area contributed by atoms with Crippen LogP contribution in [0.4, 0.5) is 0 Å². The highest BCUT2D eigenvalue weighted by Crippen LogP contribution is 2.67. The van der Waals surface area contributed by atoms with Gasteiger partial charge in [0.15, 0.2) is 0 Å². The first-order valence-electron chi connectivity index (χ1n) is 8.88. The molecule has 5 nitrogen and oxygen atoms in total. The summed E-state index contributed by atoms with van der Waals surface area (Å²) in [5.41, 5.74) is 1.62. The molecule has 0 fully saturated rings. The average Bonchev–Trinajstić information content (AvgIpc) is 2.85. The Morgan fingerprint density at radius 3 is 2.44 bits per heavy atom. The summed E-state index contributed by atoms with van der Waals surface area (Å²) < 4.78 is 22.5. The van der Waals surface area contributed by atoms with E-state index in [0.717, 1.165) is 27.5 Å². The van der Waals surface area contributed by atoms with Crippen LogP contribution in [-0.2, 0) is 9.47 Å². The number of allylic oxidation sites excluding steroid dienone is 3. The van der Waals surface area contributed by atoms with Crippen LogP contribution in [0.5, 0.6) is 11.5 Å². The van der Waals surface area contributed by atoms with Crippen molar-refractivity contribution in [2.75, 3.05) is 40.4 Å². The fourth-order valence-electron chi connectivity index (χ4n) is 3.73. The fourth-order valence-corrected chi connectivity index (χ4v) is 6.43. The molecular formula is C21H28O5S. The second-order valence-corrected chi connectivity index (χ2v) is 10.4. The molecule has 1 unspecified atom stereocenters. The van der Waals surface area contributed by atoms with Crippen molar-refractivity contribution < 1.29 is 24.1 Å². The average molecular weight is 393 g/mol. The molecule has 3 rings (SSSR count). The van der Waals surface area contributed by atoms with Crippen molar-refractivity contribution in [3.05, 3.63) is 51.8 Å². The van der Waals surface area contributed by atoms with Crippen LogP contribution in [0, 0.1) is 0 Å². The molecule has 148 valence electrons. The van der Waals surface area contributed by atoms with Gasteiger partial charge in [0.2, 0.25) is 0 Å². The molecule has 1 aromatic carbocycles. The molecule has 6 heteroatoms. The Balaban J connectivity index is 2.29. The maximum atomic E-state index is 11.4. The summed E-state index contributed by atoms with van der Waals surface area (Å²) >= 11 is 0. The van der Waals surface area contributed by atoms with Crippen molar-refractivity contribution in [2.24, 2.45) is 0 Å². The lowest BCUT2D eigenvalue weighted by atomic mass is 9.97. The van der Waals surface area contributed by atoms with E-state index in [9.17, 15) is 5.11 Å². The fraction of sp³-hybridized carbons (Fsp3) is 0.429. The van der Waals surface area contributed by atoms with Gasteiger partial charge in [-0.2, -0.15) is 10.0 Å². The predicted octanol–water partition coefficient (Wildman–Crippen LogP) is 4.28. The van der Waals surface area contributed by atoms with Crippen LogP contribution in [-0.4, -0.2) is 45.6 Å². The quantitative estimate of drug-likeness (QED) is 0.810. The van der Waals surface area contributed by atoms with Gasteiger partial charge in [-0.25, -0.2) is 0 Å². The highest BCUT2D eigenvalue weighted by molar-refractivity contribution is 8.35. The van der Waals surface area contributed by atoms with Crippen LogP contribution in [0.3, 0.4) is 0 Å². The molecule has 0 radical (unpaired) electrons. The number of benzene rings is 1. The monoisotopic (exact) mass is 392 g/mol. The Bertz CT molecular complexity index is 835. The van der Waals surface area contributed by atoms with Gasteiger partial charge in [-0.15, -0.1) is 0 Å². The molecule has 0 saturated carbocycles. The minimum absolute atomic E-state index is 0.509. The highest BCUT2D eigenvalue weighted by atomic mass is 32.3. The summed E-state index contributed by atoms with van der Waals surface area (Å²) in [5.74, 6) is 2.76. The lowest BCUT2D eigenvalue weighted by Crippen LogP contribution is -2.20. The van der Waals surface area contributed by atoms with Crippen molar-refractivity contribution in [1.82, 2.24) is 0 Å². The minimum atomic E-state index is -1.41. The first-order chi connectivity index (χ1) is 12.9. The van der Waals surface area contributed by atoms with E-state index in [1.54, 1.807) is 21.3 Å². The molecule has 1 aliphatic heterocycles. The highest BCUT2D eigenvalue weighted by Gasteiger charge is 2.40. The third kappa shape index (κ3) is 3.21. The normalized spacial score (nSPS) is 21.8. The number of aliphatic hydroxyl groups excluding tert-OH is 1. The topological polar surface area (TPSA) is 57.2 Å². The van der Waals surface area contributed by atoms with Gasteiger partial charge in [0.05, 0.1) is 27.9 Å². The molecule has 0 aromatic heterocycles. The zero-order chi connectivity index (χ0) is 19.8. The molecule has 1 heterocycles. The summed E-state index contributed by atoms with van der Waals surface area (Å²) in [5, 5.41) is 11.4. The van der Waals surface area contributed by atoms with Gasteiger partial charge < -0.3 is 24.1 Å². The summed E-state index contributed by atoms with van der Waals surface area (Å²) in [6.07, 6.45) is 8.25. The van der Waals surface area contributed by atoms with Gasteiger partial charge in [0.1, 0.15) is 29.1 Å². The van der Waals surface area contributed by atoms with Gasteiger partial charge in [-0.1, -0.05) is 0 Å². The number of aliphatic hydroxyl groups is 1. The molecule has 2 aliphatic rings. The summed E-state index contributed by atoms with van der Waals surface area (Å²) in [6, 6.07) is 3.85. The van der Waals surface area contributed by atoms with E-state index in [0.29, 0.717) is 24.5 Å². The lowest BCUT2D eigenvalue weighted by molar-refractivity contribution is 0.175. The van der Waals surface area contributed by atoms with Crippen molar-refractivity contribution in [1.29, 1.82) is 0 Å². The first kappa shape index (κ1) is 19.7. The first-order valence-corrected chi connectivity index (χ1v) is 11.3. The minimum Gasteiger partial charge on any atom is -0.497 e. The largest absolute Gasteiger partial charge is 0.497 e. The second-order valence-electron chi connectivity index (χ2n) is 6.76. The van der Waals surface area contributed by atoms with Gasteiger partial charge >= 0.3 is 0 Å². The SMILES string of the molecule is CCOC1=CC(OC)=CCC2=C1C(O)c1c(OC)cc(OC)cc1S2(C)C. The van der Waals surface area contributed by atoms with E-state index in [1.165, 1.54) is 4.91 Å². The van der Waals surface area contributed by atoms with Gasteiger partial charge in [0, 0.05) is 28.2 Å². The van der Waals surface area contributed by atoms with Gasteiger partial charge in [-0.3, -0.25) is 0 Å². The van der Waals surface area contributed by atoms with Gasteiger partial charge in [-0.05, 0) is 42.9 Å². The second kappa shape index (κ2) is 7.52. The standard InChI is InChI=1S/C21H28O5S/c1-7-26-16-10-13(23-2)8-9-17-20(16)21(22)19-15(25-4)11-14(24-3)12-18(19)27(17,5)6/h8,10-12,21-22H,7,9H2,1-6H3. The molecule has 0 amide bonds. The van der Waals surface area contributed by atoms with Crippen LogP contribution < -0.4 is 9.47 Å². The van der Waals surface area contributed by atoms with E-state index < -0.39 is 16.1 Å². The Hall–Kier alpha value is -2.05. The lowest BCUT2D eigenvalue weighted by Gasteiger charge is -2.44. The third-order valence-corrected chi connectivity index (χ3v) is 8.17. The molecule has 0 bridgehead atoms. The maximum Gasteiger partial charge on any atom is 0.129 e. The smallest absolute Gasteiger partial charge is 0.129 e. The van der Waals surface area contributed by atoms with Crippen molar-refractivity contribution in [3.8, 4) is 11.5 Å². The molecule has 0 saturated heterocycles. The predicted molar refractivity (Wildman–Crippen MR) is 109 cm³/mol. The number of hydrogen-bond acceptors (Lipinski definition) is 5. The maximum absolute atomic E-state index is 11.4. The van der Waals surface area contributed by atoms with Crippen LogP contribution in [0.15, 0.2) is 51.2 Å². The molecule has 1 N–H and O–H groups in total. The van der Waals surface area contributed by atoms with E-state index >= 15 is 0 Å². The Morgan fingerprint density at radius 1 is 1.11 bits per heavy atom. The zero-order valence-electron chi connectivity index (χ0n) is 16.8. The van der Waals surface area contributed by atoms with Crippen molar-refractivity contribution in [2.45, 2.75) is 24.3 Å². The van der Waals surface area contributed by atoms with E-state index in [4.69, 9.17) is 18.9 Å². The Kier molecular flexibility index (Phi) is 5.49. The summed E-state index contributed by atoms with van der Waals surface area (Å²) in [7, 11) is 3.50. The van der Waals surface area contributed by atoms with Crippen LogP contribution in [0.25, 0.3) is 0 Å². The van der Waals surface area contributed by atoms with Crippen LogP contribution >= 0.6 is 10.0 Å². The molecule has 0 spiro atoms. The zero-order valence-corrected chi connectivity index (χ0v) is 17.6. The Labute approximate surface area is 162 Å². The van der Waals surface area contributed by atoms with Crippen LogP contribution in [0.1, 0.15) is 25.0 Å². The molecule has 27 heavy (non-hydrogen) atoms. The molecular weight excluding hydrogens is 364 g/mol. The van der Waals surface area contributed by atoms with E-state index in [2.05, 4.69) is 12.5 Å². The van der Waals surface area contributed by atoms with Crippen molar-refractivity contribution >= 4 is 10.0 Å². The molecule has 1 aliphatic carbocycles. The number of methoxy groups -OCH3 is 3. The molecule has 1 atom stereocenters. The van der Waals surface area contributed by atoms with Crippen LogP contribution in [0.2, 0.25) is 0 Å². The summed E-state index contributed by atoms with van der Waals surface area (Å²) in [4.78, 5) is 2.26. The van der Waals surface area contributed by atoms with E-state index in [-0.39, 0.29) is 0 Å².